The van der Waals surface area contributed by atoms with Crippen molar-refractivity contribution in [2.75, 3.05) is 6.26 Å². The van der Waals surface area contributed by atoms with Gasteiger partial charge in [-0.25, -0.2) is 8.99 Å². The van der Waals surface area contributed by atoms with Crippen LogP contribution in [-0.4, -0.2) is 10.5 Å². The summed E-state index contributed by atoms with van der Waals surface area (Å²) in [5.41, 5.74) is 0.926. The SMILES string of the molecule is Cc1ccccc1S(C)(=N)=O. The molecule has 1 rings (SSSR count). The lowest BCUT2D eigenvalue weighted by Crippen LogP contribution is -1.96. The highest BCUT2D eigenvalue weighted by atomic mass is 32.2. The molecule has 0 aromatic heterocycles. The Bertz CT molecular complexity index is 354. The molecule has 1 N–H and O–H groups in total. The quantitative estimate of drug-likeness (QED) is 0.686. The second-order valence-corrected chi connectivity index (χ2v) is 4.74. The molecular weight excluding hydrogens is 158 g/mol. The number of nitrogens with one attached hydrogen (secondary N) is 1. The van der Waals surface area contributed by atoms with Crippen molar-refractivity contribution in [1.29, 1.82) is 4.78 Å². The van der Waals surface area contributed by atoms with Crippen LogP contribution in [0.1, 0.15) is 5.56 Å². The van der Waals surface area contributed by atoms with Gasteiger partial charge in [0.25, 0.3) is 0 Å². The molecule has 0 radical (unpaired) electrons. The minimum atomic E-state index is -2.53. The lowest BCUT2D eigenvalue weighted by atomic mass is 10.2. The highest BCUT2D eigenvalue weighted by Gasteiger charge is 2.04. The molecule has 0 amide bonds. The van der Waals surface area contributed by atoms with E-state index in [9.17, 15) is 4.21 Å². The van der Waals surface area contributed by atoms with Crippen molar-refractivity contribution < 1.29 is 4.21 Å². The zero-order valence-corrected chi connectivity index (χ0v) is 7.44. The van der Waals surface area contributed by atoms with Crippen LogP contribution < -0.4 is 0 Å². The fourth-order valence-corrected chi connectivity index (χ4v) is 2.01. The molecule has 0 bridgehead atoms. The lowest BCUT2D eigenvalue weighted by molar-refractivity contribution is 0.678. The fourth-order valence-electron chi connectivity index (χ4n) is 0.993. The van der Waals surface area contributed by atoms with E-state index in [1.165, 1.54) is 6.26 Å². The van der Waals surface area contributed by atoms with Gasteiger partial charge in [-0.3, -0.25) is 0 Å². The average molecular weight is 169 g/mol. The van der Waals surface area contributed by atoms with E-state index in [1.807, 2.05) is 19.1 Å². The summed E-state index contributed by atoms with van der Waals surface area (Å²) < 4.78 is 18.6. The maximum Gasteiger partial charge on any atom is 0.0699 e. The van der Waals surface area contributed by atoms with Crippen LogP contribution in [0.2, 0.25) is 0 Å². The Morgan fingerprint density at radius 3 is 2.27 bits per heavy atom. The lowest BCUT2D eigenvalue weighted by Gasteiger charge is -2.03. The Morgan fingerprint density at radius 1 is 1.36 bits per heavy atom. The maximum absolute atomic E-state index is 11.3. The van der Waals surface area contributed by atoms with Gasteiger partial charge in [-0.2, -0.15) is 0 Å². The molecule has 0 aliphatic rings. The molecule has 1 aromatic carbocycles. The van der Waals surface area contributed by atoms with Gasteiger partial charge in [0.15, 0.2) is 0 Å². The highest BCUT2D eigenvalue weighted by Crippen LogP contribution is 2.13. The normalized spacial score (nSPS) is 15.8. The molecule has 0 heterocycles. The standard InChI is InChI=1S/C8H11NOS/c1-7-5-3-4-6-8(7)11(2,9)10/h3-6,9H,1-2H3. The zero-order valence-electron chi connectivity index (χ0n) is 6.63. The van der Waals surface area contributed by atoms with E-state index in [4.69, 9.17) is 4.78 Å². The first-order valence-electron chi connectivity index (χ1n) is 3.31. The van der Waals surface area contributed by atoms with Gasteiger partial charge in [-0.15, -0.1) is 0 Å². The van der Waals surface area contributed by atoms with E-state index in [2.05, 4.69) is 0 Å². The Hall–Kier alpha value is -0.830. The van der Waals surface area contributed by atoms with Crippen LogP contribution in [0.4, 0.5) is 0 Å². The van der Waals surface area contributed by atoms with E-state index in [1.54, 1.807) is 12.1 Å². The van der Waals surface area contributed by atoms with E-state index in [0.717, 1.165) is 5.56 Å². The van der Waals surface area contributed by atoms with Gasteiger partial charge in [0, 0.05) is 11.2 Å². The number of aryl methyl sites for hydroxylation is 1. The minimum Gasteiger partial charge on any atom is -0.249 e. The second-order valence-electron chi connectivity index (χ2n) is 2.61. The molecule has 0 aliphatic heterocycles. The van der Waals surface area contributed by atoms with Crippen LogP contribution >= 0.6 is 0 Å². The Balaban J connectivity index is 3.37. The molecule has 0 spiro atoms. The van der Waals surface area contributed by atoms with Crippen LogP contribution in [0.3, 0.4) is 0 Å². The molecule has 0 saturated heterocycles. The minimum absolute atomic E-state index is 0.639. The van der Waals surface area contributed by atoms with E-state index >= 15 is 0 Å². The van der Waals surface area contributed by atoms with E-state index < -0.39 is 9.73 Å². The molecule has 2 nitrogen and oxygen atoms in total. The van der Waals surface area contributed by atoms with Crippen molar-refractivity contribution in [3.8, 4) is 0 Å². The molecule has 3 heteroatoms. The van der Waals surface area contributed by atoms with E-state index in [0.29, 0.717) is 4.90 Å². The first-order valence-corrected chi connectivity index (χ1v) is 5.28. The summed E-state index contributed by atoms with van der Waals surface area (Å²) in [6.45, 7) is 1.87. The predicted molar refractivity (Wildman–Crippen MR) is 46.2 cm³/mol. The van der Waals surface area contributed by atoms with Gasteiger partial charge in [0.2, 0.25) is 0 Å². The smallest absolute Gasteiger partial charge is 0.0699 e. The summed E-state index contributed by atoms with van der Waals surface area (Å²) in [5, 5.41) is 0. The summed E-state index contributed by atoms with van der Waals surface area (Å²) in [7, 11) is -2.53. The topological polar surface area (TPSA) is 40.9 Å². The van der Waals surface area contributed by atoms with Crippen LogP contribution in [0.5, 0.6) is 0 Å². The molecule has 11 heavy (non-hydrogen) atoms. The molecular formula is C8H11NOS. The Labute approximate surface area is 67.2 Å². The number of hydrogen-bond acceptors (Lipinski definition) is 2. The monoisotopic (exact) mass is 169 g/mol. The summed E-state index contributed by atoms with van der Waals surface area (Å²) in [4.78, 5) is 0.639. The Morgan fingerprint density at radius 2 is 1.91 bits per heavy atom. The average Bonchev–Trinajstić information content (AvgIpc) is 1.86. The van der Waals surface area contributed by atoms with Crippen LogP contribution in [0.25, 0.3) is 0 Å². The molecule has 60 valence electrons. The van der Waals surface area contributed by atoms with Gasteiger partial charge < -0.3 is 0 Å². The summed E-state index contributed by atoms with van der Waals surface area (Å²) in [5.74, 6) is 0. The predicted octanol–water partition coefficient (Wildman–Crippen LogP) is 2.03. The molecule has 0 fully saturated rings. The summed E-state index contributed by atoms with van der Waals surface area (Å²) in [6.07, 6.45) is 1.44. The molecule has 1 atom stereocenters. The second kappa shape index (κ2) is 2.66. The van der Waals surface area contributed by atoms with Gasteiger partial charge in [-0.1, -0.05) is 18.2 Å². The Kier molecular flexibility index (Phi) is 2.00. The van der Waals surface area contributed by atoms with Crippen molar-refractivity contribution in [3.05, 3.63) is 29.8 Å². The van der Waals surface area contributed by atoms with E-state index in [-0.39, 0.29) is 0 Å². The fraction of sp³-hybridized carbons (Fsp3) is 0.250. The first-order chi connectivity index (χ1) is 5.02. The van der Waals surface area contributed by atoms with Crippen molar-refractivity contribution in [3.63, 3.8) is 0 Å². The zero-order chi connectivity index (χ0) is 8.48. The number of benzene rings is 1. The van der Waals surface area contributed by atoms with Gasteiger partial charge in [-0.05, 0) is 18.6 Å². The third-order valence-corrected chi connectivity index (χ3v) is 2.81. The largest absolute Gasteiger partial charge is 0.249 e. The summed E-state index contributed by atoms with van der Waals surface area (Å²) >= 11 is 0. The van der Waals surface area contributed by atoms with Gasteiger partial charge in [0.05, 0.1) is 9.73 Å². The number of hydrogen-bond donors (Lipinski definition) is 1. The van der Waals surface area contributed by atoms with Crippen LogP contribution in [-0.2, 0) is 9.73 Å². The molecule has 0 saturated carbocycles. The van der Waals surface area contributed by atoms with Gasteiger partial charge >= 0.3 is 0 Å². The van der Waals surface area contributed by atoms with Crippen molar-refractivity contribution in [2.24, 2.45) is 0 Å². The summed E-state index contributed by atoms with van der Waals surface area (Å²) in [6, 6.07) is 7.29. The molecule has 1 unspecified atom stereocenters. The molecule has 0 aliphatic carbocycles. The van der Waals surface area contributed by atoms with Crippen molar-refractivity contribution in [1.82, 2.24) is 0 Å². The van der Waals surface area contributed by atoms with Crippen LogP contribution in [0.15, 0.2) is 29.2 Å². The number of rotatable bonds is 1. The third-order valence-electron chi connectivity index (χ3n) is 1.51. The third kappa shape index (κ3) is 1.80. The van der Waals surface area contributed by atoms with Crippen LogP contribution in [0, 0.1) is 11.7 Å². The van der Waals surface area contributed by atoms with Crippen molar-refractivity contribution in [2.45, 2.75) is 11.8 Å². The first kappa shape index (κ1) is 8.27. The van der Waals surface area contributed by atoms with Crippen molar-refractivity contribution >= 4 is 9.73 Å². The highest BCUT2D eigenvalue weighted by molar-refractivity contribution is 7.91. The van der Waals surface area contributed by atoms with Gasteiger partial charge in [0.1, 0.15) is 0 Å². The maximum atomic E-state index is 11.3. The molecule has 1 aromatic rings.